The number of aromatic nitrogens is 4. The Hall–Kier alpha value is -2.51. The Balaban J connectivity index is 1.47. The zero-order chi connectivity index (χ0) is 16.7. The van der Waals surface area contributed by atoms with Gasteiger partial charge in [0.2, 0.25) is 11.8 Å². The van der Waals surface area contributed by atoms with Crippen LogP contribution in [-0.2, 0) is 0 Å². The summed E-state index contributed by atoms with van der Waals surface area (Å²) in [5.41, 5.74) is 1.18. The highest BCUT2D eigenvalue weighted by molar-refractivity contribution is 5.92. The van der Waals surface area contributed by atoms with Gasteiger partial charge in [-0.25, -0.2) is 9.97 Å². The van der Waals surface area contributed by atoms with Crippen molar-refractivity contribution in [3.8, 4) is 0 Å². The van der Waals surface area contributed by atoms with E-state index in [1.165, 1.54) is 0 Å². The Labute approximate surface area is 139 Å². The van der Waals surface area contributed by atoms with Crippen molar-refractivity contribution in [2.45, 2.75) is 38.0 Å². The normalized spacial score (nSPS) is 20.4. The number of aryl methyl sites for hydroxylation is 1. The first-order valence-electron chi connectivity index (χ1n) is 8.30. The number of amides is 1. The van der Waals surface area contributed by atoms with Gasteiger partial charge in [0.25, 0.3) is 5.91 Å². The predicted molar refractivity (Wildman–Crippen MR) is 85.9 cm³/mol. The average Bonchev–Trinajstić information content (AvgIpc) is 3.12. The molecule has 1 saturated heterocycles. The average molecular weight is 328 g/mol. The Kier molecular flexibility index (Phi) is 3.66. The van der Waals surface area contributed by atoms with Crippen LogP contribution in [0.5, 0.6) is 0 Å². The molecule has 3 heterocycles. The number of hydrogen-bond acceptors (Lipinski definition) is 7. The van der Waals surface area contributed by atoms with Gasteiger partial charge in [-0.1, -0.05) is 5.16 Å². The first-order valence-corrected chi connectivity index (χ1v) is 8.30. The zero-order valence-electron chi connectivity index (χ0n) is 13.8. The minimum absolute atomic E-state index is 0.0820. The summed E-state index contributed by atoms with van der Waals surface area (Å²) in [6.45, 7) is 3.11. The molecule has 0 radical (unpaired) electrons. The van der Waals surface area contributed by atoms with E-state index in [2.05, 4.69) is 25.4 Å². The first-order chi connectivity index (χ1) is 11.6. The zero-order valence-corrected chi connectivity index (χ0v) is 13.8. The number of anilines is 1. The van der Waals surface area contributed by atoms with Crippen LogP contribution in [0.1, 0.15) is 59.0 Å². The fourth-order valence-corrected chi connectivity index (χ4v) is 3.02. The van der Waals surface area contributed by atoms with Gasteiger partial charge >= 0.3 is 0 Å². The van der Waals surface area contributed by atoms with Crippen LogP contribution < -0.4 is 5.32 Å². The molecule has 0 spiro atoms. The molecule has 1 aliphatic carbocycles. The molecule has 8 heteroatoms. The first kappa shape index (κ1) is 15.0. The summed E-state index contributed by atoms with van der Waals surface area (Å²) in [4.78, 5) is 27.5. The third kappa shape index (κ3) is 2.83. The van der Waals surface area contributed by atoms with Crippen LogP contribution in [0.25, 0.3) is 0 Å². The molecule has 2 aromatic heterocycles. The molecule has 8 nitrogen and oxygen atoms in total. The van der Waals surface area contributed by atoms with Gasteiger partial charge in [0.15, 0.2) is 5.82 Å². The predicted octanol–water partition coefficient (Wildman–Crippen LogP) is 1.72. The van der Waals surface area contributed by atoms with Crippen molar-refractivity contribution in [1.29, 1.82) is 0 Å². The molecule has 4 rings (SSSR count). The monoisotopic (exact) mass is 328 g/mol. The van der Waals surface area contributed by atoms with E-state index in [0.29, 0.717) is 36.5 Å². The Morgan fingerprint density at radius 2 is 2.08 bits per heavy atom. The lowest BCUT2D eigenvalue weighted by molar-refractivity contribution is 0.0783. The SMILES string of the molecule is CNc1nc(C)cc(C(=O)N2CCC(c3nc(C4CC4)no3)C2)n1. The summed E-state index contributed by atoms with van der Waals surface area (Å²) in [6.07, 6.45) is 3.13. The van der Waals surface area contributed by atoms with Crippen molar-refractivity contribution in [2.24, 2.45) is 0 Å². The van der Waals surface area contributed by atoms with Crippen molar-refractivity contribution >= 4 is 11.9 Å². The standard InChI is InChI=1S/C16H20N6O2/c1-9-7-12(19-16(17-2)18-9)15(23)22-6-5-11(8-22)14-20-13(21-24-14)10-3-4-10/h7,10-11H,3-6,8H2,1-2H3,(H,17,18,19). The highest BCUT2D eigenvalue weighted by Crippen LogP contribution is 2.39. The lowest BCUT2D eigenvalue weighted by Crippen LogP contribution is -2.29. The van der Waals surface area contributed by atoms with Crippen LogP contribution in [-0.4, -0.2) is 51.1 Å². The summed E-state index contributed by atoms with van der Waals surface area (Å²) in [7, 11) is 1.74. The molecule has 1 N–H and O–H groups in total. The number of carbonyl (C=O) groups is 1. The molecule has 1 atom stereocenters. The summed E-state index contributed by atoms with van der Waals surface area (Å²) >= 11 is 0. The molecule has 1 unspecified atom stereocenters. The van der Waals surface area contributed by atoms with Crippen LogP contribution in [0.4, 0.5) is 5.95 Å². The second-order valence-corrected chi connectivity index (χ2v) is 6.47. The second kappa shape index (κ2) is 5.85. The highest BCUT2D eigenvalue weighted by atomic mass is 16.5. The Bertz CT molecular complexity index is 770. The summed E-state index contributed by atoms with van der Waals surface area (Å²) in [6, 6.07) is 1.72. The molecule has 1 saturated carbocycles. The van der Waals surface area contributed by atoms with E-state index < -0.39 is 0 Å². The smallest absolute Gasteiger partial charge is 0.272 e. The molecule has 24 heavy (non-hydrogen) atoms. The molecule has 2 aromatic rings. The van der Waals surface area contributed by atoms with Crippen LogP contribution in [0.15, 0.2) is 10.6 Å². The number of nitrogens with one attached hydrogen (secondary N) is 1. The quantitative estimate of drug-likeness (QED) is 0.912. The largest absolute Gasteiger partial charge is 0.357 e. The maximum Gasteiger partial charge on any atom is 0.272 e. The van der Waals surface area contributed by atoms with E-state index >= 15 is 0 Å². The lowest BCUT2D eigenvalue weighted by Gasteiger charge is -2.15. The minimum Gasteiger partial charge on any atom is -0.357 e. The van der Waals surface area contributed by atoms with Gasteiger partial charge in [-0.3, -0.25) is 4.79 Å². The van der Waals surface area contributed by atoms with Gasteiger partial charge in [0.05, 0.1) is 5.92 Å². The molecule has 0 aromatic carbocycles. The van der Waals surface area contributed by atoms with Gasteiger partial charge in [-0.2, -0.15) is 4.98 Å². The molecule has 126 valence electrons. The fourth-order valence-electron chi connectivity index (χ4n) is 3.02. The topological polar surface area (TPSA) is 97.0 Å². The fraction of sp³-hybridized carbons (Fsp3) is 0.562. The van der Waals surface area contributed by atoms with Gasteiger partial charge in [0, 0.05) is 31.7 Å². The summed E-state index contributed by atoms with van der Waals surface area (Å²) in [5.74, 6) is 2.44. The van der Waals surface area contributed by atoms with Gasteiger partial charge in [-0.15, -0.1) is 0 Å². The molecule has 1 amide bonds. The number of hydrogen-bond donors (Lipinski definition) is 1. The number of likely N-dealkylation sites (tertiary alicyclic amines) is 1. The second-order valence-electron chi connectivity index (χ2n) is 6.47. The Morgan fingerprint density at radius 3 is 2.83 bits per heavy atom. The molecule has 2 aliphatic rings. The molecular weight excluding hydrogens is 308 g/mol. The molecule has 2 fully saturated rings. The van der Waals surface area contributed by atoms with Crippen molar-refractivity contribution in [3.63, 3.8) is 0 Å². The van der Waals surface area contributed by atoms with Crippen molar-refractivity contribution in [3.05, 3.63) is 29.2 Å². The van der Waals surface area contributed by atoms with Gasteiger partial charge < -0.3 is 14.7 Å². The Morgan fingerprint density at radius 1 is 1.25 bits per heavy atom. The van der Waals surface area contributed by atoms with Gasteiger partial charge in [-0.05, 0) is 32.3 Å². The van der Waals surface area contributed by atoms with E-state index in [-0.39, 0.29) is 11.8 Å². The van der Waals surface area contributed by atoms with E-state index in [9.17, 15) is 4.79 Å². The lowest BCUT2D eigenvalue weighted by atomic mass is 10.1. The van der Waals surface area contributed by atoms with E-state index in [4.69, 9.17) is 4.52 Å². The van der Waals surface area contributed by atoms with Crippen LogP contribution in [0.2, 0.25) is 0 Å². The van der Waals surface area contributed by atoms with E-state index in [1.807, 2.05) is 6.92 Å². The van der Waals surface area contributed by atoms with Crippen LogP contribution in [0.3, 0.4) is 0 Å². The molecule has 1 aliphatic heterocycles. The number of rotatable bonds is 4. The maximum absolute atomic E-state index is 12.7. The summed E-state index contributed by atoms with van der Waals surface area (Å²) < 4.78 is 5.40. The number of carbonyl (C=O) groups excluding carboxylic acids is 1. The molecular formula is C16H20N6O2. The maximum atomic E-state index is 12.7. The summed E-state index contributed by atoms with van der Waals surface area (Å²) in [5, 5.41) is 6.95. The third-order valence-electron chi connectivity index (χ3n) is 4.52. The third-order valence-corrected chi connectivity index (χ3v) is 4.52. The van der Waals surface area contributed by atoms with Crippen molar-refractivity contribution < 1.29 is 9.32 Å². The van der Waals surface area contributed by atoms with Crippen LogP contribution in [0, 0.1) is 6.92 Å². The van der Waals surface area contributed by atoms with Gasteiger partial charge in [0.1, 0.15) is 5.69 Å². The van der Waals surface area contributed by atoms with Crippen molar-refractivity contribution in [1.82, 2.24) is 25.0 Å². The van der Waals surface area contributed by atoms with E-state index in [1.54, 1.807) is 18.0 Å². The highest BCUT2D eigenvalue weighted by Gasteiger charge is 2.34. The van der Waals surface area contributed by atoms with E-state index in [0.717, 1.165) is 30.8 Å². The van der Waals surface area contributed by atoms with Crippen molar-refractivity contribution in [2.75, 3.05) is 25.5 Å². The molecule has 0 bridgehead atoms. The van der Waals surface area contributed by atoms with Crippen LogP contribution >= 0.6 is 0 Å². The number of nitrogens with zero attached hydrogens (tertiary/aromatic N) is 5. The minimum atomic E-state index is -0.0820.